The van der Waals surface area contributed by atoms with Crippen LogP contribution in [0.5, 0.6) is 5.75 Å². The number of halogens is 3. The molecule has 0 radical (unpaired) electrons. The van der Waals surface area contributed by atoms with Gasteiger partial charge in [-0.1, -0.05) is 6.92 Å². The molecule has 1 aliphatic rings. The summed E-state index contributed by atoms with van der Waals surface area (Å²) in [6, 6.07) is 4.10. The number of hydrogen-bond acceptors (Lipinski definition) is 4. The summed E-state index contributed by atoms with van der Waals surface area (Å²) in [6.07, 6.45) is -3.18. The summed E-state index contributed by atoms with van der Waals surface area (Å²) in [5, 5.41) is 0. The zero-order valence-corrected chi connectivity index (χ0v) is 15.1. The average molecular weight is 394 g/mol. The lowest BCUT2D eigenvalue weighted by atomic mass is 10.3. The molecule has 1 fully saturated rings. The van der Waals surface area contributed by atoms with Gasteiger partial charge in [-0.3, -0.25) is 4.79 Å². The van der Waals surface area contributed by atoms with Gasteiger partial charge in [-0.05, 0) is 37.1 Å². The van der Waals surface area contributed by atoms with Crippen LogP contribution in [0, 0.1) is 0 Å². The molecule has 10 heteroatoms. The van der Waals surface area contributed by atoms with E-state index in [0.29, 0.717) is 25.9 Å². The highest BCUT2D eigenvalue weighted by atomic mass is 32.2. The second-order valence-electron chi connectivity index (χ2n) is 5.91. The molecular weight excluding hydrogens is 373 g/mol. The standard InChI is InChI=1S/C16H21F3N2O4S/c1-2-4-15(22)20-9-3-10-21(12-11-20)26(23,24)14-7-5-13(6-8-14)25-16(17,18)19/h5-8H,2-4,9-12H2,1H3. The van der Waals surface area contributed by atoms with Gasteiger partial charge >= 0.3 is 6.36 Å². The van der Waals surface area contributed by atoms with E-state index in [2.05, 4.69) is 4.74 Å². The van der Waals surface area contributed by atoms with Gasteiger partial charge in [0.15, 0.2) is 0 Å². The first-order chi connectivity index (χ1) is 12.1. The Bertz CT molecular complexity index is 720. The number of rotatable bonds is 5. The maximum Gasteiger partial charge on any atom is 0.573 e. The van der Waals surface area contributed by atoms with E-state index >= 15 is 0 Å². The van der Waals surface area contributed by atoms with Gasteiger partial charge in [0, 0.05) is 32.6 Å². The lowest BCUT2D eigenvalue weighted by molar-refractivity contribution is -0.274. The topological polar surface area (TPSA) is 66.9 Å². The Morgan fingerprint density at radius 2 is 1.77 bits per heavy atom. The van der Waals surface area contributed by atoms with Crippen molar-refractivity contribution in [3.05, 3.63) is 24.3 Å². The fraction of sp³-hybridized carbons (Fsp3) is 0.562. The lowest BCUT2D eigenvalue weighted by Gasteiger charge is -2.22. The quantitative estimate of drug-likeness (QED) is 0.770. The van der Waals surface area contributed by atoms with Crippen molar-refractivity contribution in [1.82, 2.24) is 9.21 Å². The van der Waals surface area contributed by atoms with Gasteiger partial charge in [-0.2, -0.15) is 4.31 Å². The lowest BCUT2D eigenvalue weighted by Crippen LogP contribution is -2.37. The smallest absolute Gasteiger partial charge is 0.406 e. The molecule has 1 saturated heterocycles. The summed E-state index contributed by atoms with van der Waals surface area (Å²) in [7, 11) is -3.85. The summed E-state index contributed by atoms with van der Waals surface area (Å²) in [6.45, 7) is 3.09. The first-order valence-electron chi connectivity index (χ1n) is 8.27. The van der Waals surface area contributed by atoms with Crippen LogP contribution in [0.3, 0.4) is 0 Å². The van der Waals surface area contributed by atoms with Crippen LogP contribution in [0.4, 0.5) is 13.2 Å². The Kier molecular flexibility index (Phi) is 6.51. The minimum absolute atomic E-state index is 0.000371. The van der Waals surface area contributed by atoms with Gasteiger partial charge in [0.05, 0.1) is 4.90 Å². The highest BCUT2D eigenvalue weighted by Gasteiger charge is 2.32. The van der Waals surface area contributed by atoms with Crippen molar-refractivity contribution in [2.24, 2.45) is 0 Å². The second kappa shape index (κ2) is 8.26. The van der Waals surface area contributed by atoms with E-state index < -0.39 is 22.1 Å². The first kappa shape index (κ1) is 20.5. The maximum atomic E-state index is 12.7. The molecule has 0 spiro atoms. The van der Waals surface area contributed by atoms with Gasteiger partial charge < -0.3 is 9.64 Å². The molecule has 1 aromatic rings. The van der Waals surface area contributed by atoms with Crippen LogP contribution >= 0.6 is 0 Å². The van der Waals surface area contributed by atoms with E-state index in [-0.39, 0.29) is 23.9 Å². The van der Waals surface area contributed by atoms with Crippen LogP contribution < -0.4 is 4.74 Å². The molecule has 0 aliphatic carbocycles. The number of carbonyl (C=O) groups is 1. The monoisotopic (exact) mass is 394 g/mol. The molecule has 0 atom stereocenters. The number of nitrogens with zero attached hydrogens (tertiary/aromatic N) is 2. The summed E-state index contributed by atoms with van der Waals surface area (Å²) in [4.78, 5) is 13.5. The highest BCUT2D eigenvalue weighted by Crippen LogP contribution is 2.25. The van der Waals surface area contributed by atoms with E-state index in [1.165, 1.54) is 4.31 Å². The van der Waals surface area contributed by atoms with Crippen molar-refractivity contribution in [3.8, 4) is 5.75 Å². The first-order valence-corrected chi connectivity index (χ1v) is 9.71. The largest absolute Gasteiger partial charge is 0.573 e. The van der Waals surface area contributed by atoms with E-state index in [9.17, 15) is 26.4 Å². The van der Waals surface area contributed by atoms with E-state index in [1.54, 1.807) is 4.90 Å². The molecule has 1 aromatic carbocycles. The van der Waals surface area contributed by atoms with Gasteiger partial charge in [0.25, 0.3) is 0 Å². The number of amides is 1. The summed E-state index contributed by atoms with van der Waals surface area (Å²) < 4.78 is 67.0. The van der Waals surface area contributed by atoms with Crippen molar-refractivity contribution >= 4 is 15.9 Å². The number of hydrogen-bond donors (Lipinski definition) is 0. The number of alkyl halides is 3. The number of ether oxygens (including phenoxy) is 1. The van der Waals surface area contributed by atoms with Crippen molar-refractivity contribution in [2.75, 3.05) is 26.2 Å². The molecule has 146 valence electrons. The fourth-order valence-corrected chi connectivity index (χ4v) is 4.19. The van der Waals surface area contributed by atoms with E-state index in [4.69, 9.17) is 0 Å². The molecule has 2 rings (SSSR count). The zero-order chi connectivity index (χ0) is 19.4. The van der Waals surface area contributed by atoms with Crippen molar-refractivity contribution < 1.29 is 31.1 Å². The third kappa shape index (κ3) is 5.34. The van der Waals surface area contributed by atoms with Crippen molar-refractivity contribution in [2.45, 2.75) is 37.4 Å². The second-order valence-corrected chi connectivity index (χ2v) is 7.85. The van der Waals surface area contributed by atoms with Crippen LogP contribution in [0.25, 0.3) is 0 Å². The SMILES string of the molecule is CCCC(=O)N1CCCN(S(=O)(=O)c2ccc(OC(F)(F)F)cc2)CC1. The molecular formula is C16H21F3N2O4S. The van der Waals surface area contributed by atoms with Crippen molar-refractivity contribution in [1.29, 1.82) is 0 Å². The fourth-order valence-electron chi connectivity index (χ4n) is 2.72. The maximum absolute atomic E-state index is 12.7. The van der Waals surface area contributed by atoms with Crippen LogP contribution in [0.1, 0.15) is 26.2 Å². The van der Waals surface area contributed by atoms with Gasteiger partial charge in [0.2, 0.25) is 15.9 Å². The van der Waals surface area contributed by atoms with Crippen LogP contribution in [0.2, 0.25) is 0 Å². The third-order valence-electron chi connectivity index (χ3n) is 3.97. The summed E-state index contributed by atoms with van der Waals surface area (Å²) in [5.41, 5.74) is 0. The van der Waals surface area contributed by atoms with Crippen LogP contribution in [0.15, 0.2) is 29.2 Å². The molecule has 0 bridgehead atoms. The normalized spacial score (nSPS) is 17.0. The van der Waals surface area contributed by atoms with Gasteiger partial charge in [-0.15, -0.1) is 13.2 Å². The van der Waals surface area contributed by atoms with E-state index in [1.807, 2.05) is 6.92 Å². The van der Waals surface area contributed by atoms with E-state index in [0.717, 1.165) is 30.7 Å². The molecule has 1 aliphatic heterocycles. The zero-order valence-electron chi connectivity index (χ0n) is 14.3. The van der Waals surface area contributed by atoms with Crippen LogP contribution in [-0.2, 0) is 14.8 Å². The molecule has 6 nitrogen and oxygen atoms in total. The van der Waals surface area contributed by atoms with Crippen molar-refractivity contribution in [3.63, 3.8) is 0 Å². The van der Waals surface area contributed by atoms with Gasteiger partial charge in [-0.25, -0.2) is 8.42 Å². The number of benzene rings is 1. The Labute approximate surface area is 150 Å². The Morgan fingerprint density at radius 1 is 1.12 bits per heavy atom. The number of carbonyl (C=O) groups excluding carboxylic acids is 1. The van der Waals surface area contributed by atoms with Crippen LogP contribution in [-0.4, -0.2) is 56.1 Å². The highest BCUT2D eigenvalue weighted by molar-refractivity contribution is 7.89. The molecule has 0 N–H and O–H groups in total. The molecule has 0 unspecified atom stereocenters. The Balaban J connectivity index is 2.08. The molecule has 1 amide bonds. The minimum atomic E-state index is -4.83. The third-order valence-corrected chi connectivity index (χ3v) is 5.88. The minimum Gasteiger partial charge on any atom is -0.406 e. The predicted octanol–water partition coefficient (Wildman–Crippen LogP) is 2.61. The predicted molar refractivity (Wildman–Crippen MR) is 88.0 cm³/mol. The average Bonchev–Trinajstić information content (AvgIpc) is 2.80. The number of sulfonamides is 1. The molecule has 26 heavy (non-hydrogen) atoms. The summed E-state index contributed by atoms with van der Waals surface area (Å²) >= 11 is 0. The Hall–Kier alpha value is -1.81. The molecule has 0 aromatic heterocycles. The molecule has 0 saturated carbocycles. The summed E-state index contributed by atoms with van der Waals surface area (Å²) in [5.74, 6) is -0.482. The van der Waals surface area contributed by atoms with Gasteiger partial charge in [0.1, 0.15) is 5.75 Å². The molecule has 1 heterocycles. The Morgan fingerprint density at radius 3 is 2.35 bits per heavy atom.